The van der Waals surface area contributed by atoms with Gasteiger partial charge >= 0.3 is 0 Å². The fraction of sp³-hybridized carbons (Fsp3) is 0.357. The Balaban J connectivity index is 1.78. The van der Waals surface area contributed by atoms with Gasteiger partial charge in [0.2, 0.25) is 5.91 Å². The third-order valence-corrected chi connectivity index (χ3v) is 6.29. The first-order valence-corrected chi connectivity index (χ1v) is 12.7. The monoisotopic (exact) mass is 556 g/mol. The second kappa shape index (κ2) is 13.2. The summed E-state index contributed by atoms with van der Waals surface area (Å²) in [5.74, 6) is 2.48. The molecule has 1 heterocycles. The quantitative estimate of drug-likeness (QED) is 0.295. The Morgan fingerprint density at radius 2 is 1.72 bits per heavy atom. The molecule has 0 saturated heterocycles. The van der Waals surface area contributed by atoms with Crippen LogP contribution in [0.3, 0.4) is 0 Å². The van der Waals surface area contributed by atoms with Gasteiger partial charge in [-0.1, -0.05) is 35.0 Å². The SMILES string of the molecule is CCCN(CC(=O)N(CCc1ccc(OC)c(OC)c1)Cc1ccc(C)o1)C(=O)c1cccc(Br)c1. The van der Waals surface area contributed by atoms with Gasteiger partial charge in [-0.05, 0) is 67.8 Å². The number of benzene rings is 2. The largest absolute Gasteiger partial charge is 0.493 e. The van der Waals surface area contributed by atoms with E-state index in [9.17, 15) is 9.59 Å². The lowest BCUT2D eigenvalue weighted by Gasteiger charge is -2.27. The van der Waals surface area contributed by atoms with Crippen molar-refractivity contribution < 1.29 is 23.5 Å². The normalized spacial score (nSPS) is 10.7. The molecule has 2 amide bonds. The number of hydrogen-bond acceptors (Lipinski definition) is 5. The molecule has 0 bridgehead atoms. The summed E-state index contributed by atoms with van der Waals surface area (Å²) in [5.41, 5.74) is 1.56. The summed E-state index contributed by atoms with van der Waals surface area (Å²) in [7, 11) is 3.20. The van der Waals surface area contributed by atoms with Crippen molar-refractivity contribution >= 4 is 27.7 Å². The first kappa shape index (κ1) is 27.3. The number of rotatable bonds is 12. The number of ether oxygens (including phenoxy) is 2. The van der Waals surface area contributed by atoms with Gasteiger partial charge in [-0.3, -0.25) is 9.59 Å². The maximum absolute atomic E-state index is 13.5. The average Bonchev–Trinajstić information content (AvgIpc) is 3.29. The second-order valence-corrected chi connectivity index (χ2v) is 9.42. The highest BCUT2D eigenvalue weighted by molar-refractivity contribution is 9.10. The van der Waals surface area contributed by atoms with Gasteiger partial charge in [0.25, 0.3) is 5.91 Å². The van der Waals surface area contributed by atoms with Crippen molar-refractivity contribution in [3.05, 3.63) is 81.7 Å². The van der Waals surface area contributed by atoms with Crippen molar-refractivity contribution in [2.75, 3.05) is 33.9 Å². The Hall–Kier alpha value is -3.26. The van der Waals surface area contributed by atoms with E-state index in [1.165, 1.54) is 0 Å². The van der Waals surface area contributed by atoms with Crippen LogP contribution >= 0.6 is 15.9 Å². The van der Waals surface area contributed by atoms with Crippen molar-refractivity contribution in [3.8, 4) is 11.5 Å². The predicted molar refractivity (Wildman–Crippen MR) is 142 cm³/mol. The molecular weight excluding hydrogens is 524 g/mol. The first-order valence-electron chi connectivity index (χ1n) is 11.9. The molecule has 36 heavy (non-hydrogen) atoms. The number of hydrogen-bond donors (Lipinski definition) is 0. The molecule has 8 heteroatoms. The highest BCUT2D eigenvalue weighted by atomic mass is 79.9. The van der Waals surface area contributed by atoms with Crippen LogP contribution < -0.4 is 9.47 Å². The number of amides is 2. The Morgan fingerprint density at radius 1 is 0.944 bits per heavy atom. The van der Waals surface area contributed by atoms with E-state index in [1.54, 1.807) is 36.2 Å². The number of carbonyl (C=O) groups excluding carboxylic acids is 2. The van der Waals surface area contributed by atoms with Gasteiger partial charge in [-0.15, -0.1) is 0 Å². The Kier molecular flexibility index (Phi) is 9.99. The van der Waals surface area contributed by atoms with Crippen molar-refractivity contribution in [2.24, 2.45) is 0 Å². The molecule has 0 unspecified atom stereocenters. The van der Waals surface area contributed by atoms with Crippen LogP contribution in [-0.2, 0) is 17.8 Å². The van der Waals surface area contributed by atoms with Crippen LogP contribution in [0.15, 0.2) is 63.5 Å². The van der Waals surface area contributed by atoms with E-state index in [4.69, 9.17) is 13.9 Å². The summed E-state index contributed by atoms with van der Waals surface area (Å²) >= 11 is 3.42. The van der Waals surface area contributed by atoms with Gasteiger partial charge in [-0.25, -0.2) is 0 Å². The Labute approximate surface area is 221 Å². The standard InChI is InChI=1S/C28H33BrN2O5/c1-5-14-31(28(33)22-7-6-8-23(29)17-22)19-27(32)30(18-24-11-9-20(2)36-24)15-13-21-10-12-25(34-3)26(16-21)35-4/h6-12,16-17H,5,13-15,18-19H2,1-4H3. The molecule has 0 spiro atoms. The van der Waals surface area contributed by atoms with Crippen LogP contribution in [0.4, 0.5) is 0 Å². The van der Waals surface area contributed by atoms with Crippen molar-refractivity contribution in [1.82, 2.24) is 9.80 Å². The molecular formula is C28H33BrN2O5. The van der Waals surface area contributed by atoms with Gasteiger partial charge in [0.1, 0.15) is 18.1 Å². The lowest BCUT2D eigenvalue weighted by Crippen LogP contribution is -2.43. The molecule has 1 aromatic heterocycles. The first-order chi connectivity index (χ1) is 17.3. The predicted octanol–water partition coefficient (Wildman–Crippen LogP) is 5.49. The minimum Gasteiger partial charge on any atom is -0.493 e. The zero-order valence-electron chi connectivity index (χ0n) is 21.3. The lowest BCUT2D eigenvalue weighted by molar-refractivity contribution is -0.132. The molecule has 3 rings (SSSR count). The molecule has 0 atom stereocenters. The van der Waals surface area contributed by atoms with E-state index in [1.807, 2.05) is 56.3 Å². The number of methoxy groups -OCH3 is 2. The van der Waals surface area contributed by atoms with E-state index in [2.05, 4.69) is 15.9 Å². The van der Waals surface area contributed by atoms with Crippen molar-refractivity contribution in [2.45, 2.75) is 33.2 Å². The van der Waals surface area contributed by atoms with Gasteiger partial charge in [0.15, 0.2) is 11.5 Å². The average molecular weight is 557 g/mol. The van der Waals surface area contributed by atoms with Gasteiger partial charge < -0.3 is 23.7 Å². The van der Waals surface area contributed by atoms with E-state index < -0.39 is 0 Å². The third kappa shape index (κ3) is 7.37. The third-order valence-electron chi connectivity index (χ3n) is 5.79. The number of carbonyl (C=O) groups is 2. The minimum absolute atomic E-state index is 0.00912. The number of furan rings is 1. The molecule has 0 fully saturated rings. The fourth-order valence-corrected chi connectivity index (χ4v) is 4.34. The van der Waals surface area contributed by atoms with E-state index in [-0.39, 0.29) is 18.4 Å². The van der Waals surface area contributed by atoms with E-state index >= 15 is 0 Å². The van der Waals surface area contributed by atoms with Crippen molar-refractivity contribution in [3.63, 3.8) is 0 Å². The van der Waals surface area contributed by atoms with Crippen molar-refractivity contribution in [1.29, 1.82) is 0 Å². The summed E-state index contributed by atoms with van der Waals surface area (Å²) in [4.78, 5) is 30.1. The van der Waals surface area contributed by atoms with Crippen LogP contribution in [0.1, 0.15) is 40.8 Å². The molecule has 0 radical (unpaired) electrons. The molecule has 0 aliphatic heterocycles. The maximum Gasteiger partial charge on any atom is 0.254 e. The number of aryl methyl sites for hydroxylation is 1. The van der Waals surface area contributed by atoms with Gasteiger partial charge in [0, 0.05) is 23.1 Å². The molecule has 0 aliphatic rings. The summed E-state index contributed by atoms with van der Waals surface area (Å²) in [6, 6.07) is 16.7. The van der Waals surface area contributed by atoms with Crippen LogP contribution in [0.25, 0.3) is 0 Å². The lowest BCUT2D eigenvalue weighted by atomic mass is 10.1. The topological polar surface area (TPSA) is 72.2 Å². The molecule has 3 aromatic rings. The number of nitrogens with zero attached hydrogens (tertiary/aromatic N) is 2. The highest BCUT2D eigenvalue weighted by Gasteiger charge is 2.23. The van der Waals surface area contributed by atoms with Gasteiger partial charge in [0.05, 0.1) is 20.8 Å². The zero-order chi connectivity index (χ0) is 26.1. The van der Waals surface area contributed by atoms with Crippen LogP contribution in [0, 0.1) is 6.92 Å². The Bertz CT molecular complexity index is 1180. The molecule has 0 saturated carbocycles. The summed E-state index contributed by atoms with van der Waals surface area (Å²) < 4.78 is 17.3. The smallest absolute Gasteiger partial charge is 0.254 e. The second-order valence-electron chi connectivity index (χ2n) is 8.50. The molecule has 2 aromatic carbocycles. The van der Waals surface area contributed by atoms with E-state index in [0.29, 0.717) is 48.9 Å². The summed E-state index contributed by atoms with van der Waals surface area (Å²) in [6.07, 6.45) is 1.36. The molecule has 0 aliphatic carbocycles. The molecule has 7 nitrogen and oxygen atoms in total. The number of halogens is 1. The molecule has 192 valence electrons. The van der Waals surface area contributed by atoms with Gasteiger partial charge in [-0.2, -0.15) is 0 Å². The van der Waals surface area contributed by atoms with Crippen LogP contribution in [0.5, 0.6) is 11.5 Å². The molecule has 0 N–H and O–H groups in total. The summed E-state index contributed by atoms with van der Waals surface area (Å²) in [6.45, 7) is 5.13. The fourth-order valence-electron chi connectivity index (χ4n) is 3.94. The minimum atomic E-state index is -0.166. The van der Waals surface area contributed by atoms with Crippen LogP contribution in [-0.4, -0.2) is 55.5 Å². The van der Waals surface area contributed by atoms with E-state index in [0.717, 1.165) is 22.2 Å². The van der Waals surface area contributed by atoms with Crippen LogP contribution in [0.2, 0.25) is 0 Å². The maximum atomic E-state index is 13.5. The highest BCUT2D eigenvalue weighted by Crippen LogP contribution is 2.28. The summed E-state index contributed by atoms with van der Waals surface area (Å²) in [5, 5.41) is 0. The zero-order valence-corrected chi connectivity index (χ0v) is 22.8. The Morgan fingerprint density at radius 3 is 2.36 bits per heavy atom.